The summed E-state index contributed by atoms with van der Waals surface area (Å²) in [6.07, 6.45) is 0. The van der Waals surface area contributed by atoms with E-state index >= 15 is 0 Å². The summed E-state index contributed by atoms with van der Waals surface area (Å²) in [5, 5.41) is 0. The summed E-state index contributed by atoms with van der Waals surface area (Å²) in [4.78, 5) is 14.7. The summed E-state index contributed by atoms with van der Waals surface area (Å²) in [6, 6.07) is 6.30. The molecular weight excluding hydrogens is 222 g/mol. The third kappa shape index (κ3) is 3.20. The number of aryl methyl sites for hydroxylation is 2. The zero-order valence-corrected chi connectivity index (χ0v) is 12.4. The van der Waals surface area contributed by atoms with Gasteiger partial charge in [0.15, 0.2) is 5.78 Å². The highest BCUT2D eigenvalue weighted by molar-refractivity contribution is 6.00. The third-order valence-corrected chi connectivity index (χ3v) is 3.70. The second-order valence-electron chi connectivity index (χ2n) is 5.26. The van der Waals surface area contributed by atoms with Gasteiger partial charge < -0.3 is 0 Å². The van der Waals surface area contributed by atoms with E-state index in [-0.39, 0.29) is 11.8 Å². The highest BCUT2D eigenvalue weighted by atomic mass is 16.1. The van der Waals surface area contributed by atoms with Crippen molar-refractivity contribution >= 4 is 5.78 Å². The molecule has 0 heterocycles. The van der Waals surface area contributed by atoms with Crippen molar-refractivity contribution in [2.75, 3.05) is 6.54 Å². The number of carbonyl (C=O) groups is 1. The van der Waals surface area contributed by atoms with Crippen LogP contribution in [0, 0.1) is 13.8 Å². The number of nitrogens with zero attached hydrogens (tertiary/aromatic N) is 1. The quantitative estimate of drug-likeness (QED) is 0.741. The minimum absolute atomic E-state index is 0.0582. The Kier molecular flexibility index (Phi) is 5.09. The lowest BCUT2D eigenvalue weighted by atomic mass is 9.99. The van der Waals surface area contributed by atoms with Gasteiger partial charge in [-0.2, -0.15) is 0 Å². The smallest absolute Gasteiger partial charge is 0.179 e. The van der Waals surface area contributed by atoms with Gasteiger partial charge in [-0.05, 0) is 58.4 Å². The van der Waals surface area contributed by atoms with Crippen LogP contribution in [0.15, 0.2) is 18.2 Å². The van der Waals surface area contributed by atoms with Gasteiger partial charge >= 0.3 is 0 Å². The number of carbonyl (C=O) groups excluding carboxylic acids is 1. The Bertz CT molecular complexity index is 423. The van der Waals surface area contributed by atoms with Gasteiger partial charge in [-0.3, -0.25) is 9.69 Å². The third-order valence-electron chi connectivity index (χ3n) is 3.70. The molecule has 1 aromatic carbocycles. The van der Waals surface area contributed by atoms with Crippen LogP contribution in [0.1, 0.15) is 49.2 Å². The number of rotatable bonds is 5. The highest BCUT2D eigenvalue weighted by Gasteiger charge is 2.23. The standard InChI is InChI=1S/C16H25NO/c1-7-17(11(2)3)14(6)16(18)15-9-8-12(4)13(5)10-15/h8-11,14H,7H2,1-6H3. The molecule has 0 fully saturated rings. The maximum Gasteiger partial charge on any atom is 0.179 e. The van der Waals surface area contributed by atoms with Crippen molar-refractivity contribution in [3.63, 3.8) is 0 Å². The molecule has 2 nitrogen and oxygen atoms in total. The molecule has 0 saturated carbocycles. The van der Waals surface area contributed by atoms with Crippen LogP contribution >= 0.6 is 0 Å². The molecule has 1 unspecified atom stereocenters. The van der Waals surface area contributed by atoms with Crippen LogP contribution in [0.2, 0.25) is 0 Å². The van der Waals surface area contributed by atoms with Crippen molar-refractivity contribution in [1.29, 1.82) is 0 Å². The van der Waals surface area contributed by atoms with Crippen molar-refractivity contribution in [2.24, 2.45) is 0 Å². The van der Waals surface area contributed by atoms with Gasteiger partial charge in [0.25, 0.3) is 0 Å². The fraction of sp³-hybridized carbons (Fsp3) is 0.562. The van der Waals surface area contributed by atoms with Gasteiger partial charge in [-0.1, -0.05) is 19.1 Å². The first-order valence-corrected chi connectivity index (χ1v) is 6.75. The van der Waals surface area contributed by atoms with E-state index < -0.39 is 0 Å². The van der Waals surface area contributed by atoms with Crippen molar-refractivity contribution in [2.45, 2.75) is 53.6 Å². The molecule has 0 aliphatic heterocycles. The molecule has 0 N–H and O–H groups in total. The van der Waals surface area contributed by atoms with E-state index in [0.717, 1.165) is 12.1 Å². The fourth-order valence-corrected chi connectivity index (χ4v) is 2.37. The molecule has 100 valence electrons. The Morgan fingerprint density at radius 2 is 1.78 bits per heavy atom. The number of benzene rings is 1. The maximum atomic E-state index is 12.5. The molecule has 0 amide bonds. The number of hydrogen-bond acceptors (Lipinski definition) is 2. The minimum atomic E-state index is -0.0582. The molecule has 1 aromatic rings. The molecule has 0 saturated heterocycles. The van der Waals surface area contributed by atoms with Crippen LogP contribution in [0.5, 0.6) is 0 Å². The van der Waals surface area contributed by atoms with E-state index in [2.05, 4.69) is 39.5 Å². The second kappa shape index (κ2) is 6.14. The van der Waals surface area contributed by atoms with Crippen molar-refractivity contribution < 1.29 is 4.79 Å². The zero-order chi connectivity index (χ0) is 13.9. The Hall–Kier alpha value is -1.15. The van der Waals surface area contributed by atoms with Crippen molar-refractivity contribution in [1.82, 2.24) is 4.90 Å². The van der Waals surface area contributed by atoms with Crippen LogP contribution in [-0.4, -0.2) is 29.3 Å². The van der Waals surface area contributed by atoms with Crippen LogP contribution in [0.4, 0.5) is 0 Å². The number of likely N-dealkylation sites (N-methyl/N-ethyl adjacent to an activating group) is 1. The van der Waals surface area contributed by atoms with E-state index in [9.17, 15) is 4.79 Å². The van der Waals surface area contributed by atoms with Gasteiger partial charge in [0.05, 0.1) is 6.04 Å². The molecule has 0 spiro atoms. The largest absolute Gasteiger partial charge is 0.292 e. The maximum absolute atomic E-state index is 12.5. The van der Waals surface area contributed by atoms with Gasteiger partial charge in [-0.25, -0.2) is 0 Å². The zero-order valence-electron chi connectivity index (χ0n) is 12.4. The lowest BCUT2D eigenvalue weighted by molar-refractivity contribution is 0.0800. The minimum Gasteiger partial charge on any atom is -0.292 e. The summed E-state index contributed by atoms with van der Waals surface area (Å²) in [5.41, 5.74) is 3.24. The summed E-state index contributed by atoms with van der Waals surface area (Å²) >= 11 is 0. The van der Waals surface area contributed by atoms with Gasteiger partial charge in [0.1, 0.15) is 0 Å². The monoisotopic (exact) mass is 247 g/mol. The normalized spacial score (nSPS) is 13.1. The van der Waals surface area contributed by atoms with E-state index in [0.29, 0.717) is 6.04 Å². The molecule has 0 aliphatic carbocycles. The van der Waals surface area contributed by atoms with E-state index in [1.54, 1.807) is 0 Å². The Balaban J connectivity index is 2.95. The van der Waals surface area contributed by atoms with Gasteiger partial charge in [0.2, 0.25) is 0 Å². The molecule has 1 rings (SSSR count). The Morgan fingerprint density at radius 3 is 2.22 bits per heavy atom. The number of hydrogen-bond donors (Lipinski definition) is 0. The predicted molar refractivity (Wildman–Crippen MR) is 77.2 cm³/mol. The summed E-state index contributed by atoms with van der Waals surface area (Å²) in [6.45, 7) is 13.4. The van der Waals surface area contributed by atoms with Gasteiger partial charge in [-0.15, -0.1) is 0 Å². The molecule has 2 heteroatoms. The van der Waals surface area contributed by atoms with Crippen LogP contribution in [-0.2, 0) is 0 Å². The van der Waals surface area contributed by atoms with E-state index in [1.807, 2.05) is 25.1 Å². The lowest BCUT2D eigenvalue weighted by Crippen LogP contribution is -2.43. The Labute approximate surface area is 111 Å². The van der Waals surface area contributed by atoms with Crippen molar-refractivity contribution in [3.8, 4) is 0 Å². The summed E-state index contributed by atoms with van der Waals surface area (Å²) in [7, 11) is 0. The summed E-state index contributed by atoms with van der Waals surface area (Å²) < 4.78 is 0. The SMILES string of the molecule is CCN(C(C)C)C(C)C(=O)c1ccc(C)c(C)c1. The van der Waals surface area contributed by atoms with Crippen LogP contribution < -0.4 is 0 Å². The lowest BCUT2D eigenvalue weighted by Gasteiger charge is -2.30. The van der Waals surface area contributed by atoms with Crippen molar-refractivity contribution in [3.05, 3.63) is 34.9 Å². The topological polar surface area (TPSA) is 20.3 Å². The van der Waals surface area contributed by atoms with E-state index in [1.165, 1.54) is 11.1 Å². The average molecular weight is 247 g/mol. The number of Topliss-reactive ketones (excluding diaryl/α,β-unsaturated/α-hetero) is 1. The molecule has 18 heavy (non-hydrogen) atoms. The second-order valence-corrected chi connectivity index (χ2v) is 5.26. The first-order chi connectivity index (χ1) is 8.38. The molecule has 0 aromatic heterocycles. The Morgan fingerprint density at radius 1 is 1.17 bits per heavy atom. The number of ketones is 1. The molecular formula is C16H25NO. The van der Waals surface area contributed by atoms with E-state index in [4.69, 9.17) is 0 Å². The fourth-order valence-electron chi connectivity index (χ4n) is 2.37. The van der Waals surface area contributed by atoms with Gasteiger partial charge in [0, 0.05) is 11.6 Å². The molecule has 0 aliphatic rings. The molecule has 0 bridgehead atoms. The molecule has 0 radical (unpaired) electrons. The highest BCUT2D eigenvalue weighted by Crippen LogP contribution is 2.15. The van der Waals surface area contributed by atoms with Crippen LogP contribution in [0.3, 0.4) is 0 Å². The first-order valence-electron chi connectivity index (χ1n) is 6.75. The molecule has 1 atom stereocenters. The average Bonchev–Trinajstić information content (AvgIpc) is 2.32. The predicted octanol–water partition coefficient (Wildman–Crippen LogP) is 3.60. The van der Waals surface area contributed by atoms with Crippen LogP contribution in [0.25, 0.3) is 0 Å². The summed E-state index contributed by atoms with van der Waals surface area (Å²) in [5.74, 6) is 0.216. The first kappa shape index (κ1) is 14.9.